The molecule has 1 aromatic rings. The number of halogens is 1. The zero-order valence-electron chi connectivity index (χ0n) is 10.4. The molecule has 0 aliphatic carbocycles. The first kappa shape index (κ1) is 15.4. The van der Waals surface area contributed by atoms with E-state index in [1.807, 2.05) is 14.1 Å². The van der Waals surface area contributed by atoms with E-state index in [1.165, 1.54) is 12.1 Å². The average molecular weight is 337 g/mol. The van der Waals surface area contributed by atoms with Crippen LogP contribution in [0.25, 0.3) is 0 Å². The lowest BCUT2D eigenvalue weighted by Crippen LogP contribution is -2.15. The summed E-state index contributed by atoms with van der Waals surface area (Å²) in [5, 5.41) is 5.04. The number of nitrogens with two attached hydrogens (primary N) is 1. The van der Waals surface area contributed by atoms with Gasteiger partial charge in [0.05, 0.1) is 16.0 Å². The molecule has 0 bridgehead atoms. The van der Waals surface area contributed by atoms with Crippen LogP contribution in [0.4, 0.5) is 0 Å². The van der Waals surface area contributed by atoms with Crippen LogP contribution in [0.5, 0.6) is 5.75 Å². The van der Waals surface area contributed by atoms with Crippen LogP contribution in [0.15, 0.2) is 27.6 Å². The van der Waals surface area contributed by atoms with Crippen molar-refractivity contribution >= 4 is 26.0 Å². The van der Waals surface area contributed by atoms with Crippen molar-refractivity contribution in [3.05, 3.63) is 22.7 Å². The third kappa shape index (κ3) is 4.93. The Bertz CT molecular complexity index is 503. The van der Waals surface area contributed by atoms with E-state index in [9.17, 15) is 8.42 Å². The number of rotatable bonds is 6. The lowest BCUT2D eigenvalue weighted by molar-refractivity contribution is 0.280. The molecule has 102 valence electrons. The van der Waals surface area contributed by atoms with E-state index in [-0.39, 0.29) is 4.90 Å². The Morgan fingerprint density at radius 1 is 1.39 bits per heavy atom. The second kappa shape index (κ2) is 6.51. The predicted molar refractivity (Wildman–Crippen MR) is 74.2 cm³/mol. The van der Waals surface area contributed by atoms with Gasteiger partial charge in [0.2, 0.25) is 10.0 Å². The lowest BCUT2D eigenvalue weighted by Gasteiger charge is -2.11. The number of ether oxygens (including phenoxy) is 1. The Morgan fingerprint density at radius 3 is 2.56 bits per heavy atom. The second-order valence-corrected chi connectivity index (χ2v) is 6.56. The molecule has 0 amide bonds. The first-order valence-corrected chi connectivity index (χ1v) is 7.74. The summed E-state index contributed by atoms with van der Waals surface area (Å²) in [5.41, 5.74) is 0. The fourth-order valence-electron chi connectivity index (χ4n) is 1.34. The number of hydrogen-bond acceptors (Lipinski definition) is 4. The molecular formula is C11H17BrN2O3S. The number of hydrogen-bond donors (Lipinski definition) is 1. The highest BCUT2D eigenvalue weighted by Gasteiger charge is 2.10. The molecular weight excluding hydrogens is 320 g/mol. The first-order valence-electron chi connectivity index (χ1n) is 5.40. The van der Waals surface area contributed by atoms with Crippen LogP contribution in [-0.4, -0.2) is 40.6 Å². The lowest BCUT2D eigenvalue weighted by atomic mass is 10.3. The van der Waals surface area contributed by atoms with Gasteiger partial charge in [-0.15, -0.1) is 0 Å². The number of sulfonamides is 1. The van der Waals surface area contributed by atoms with Gasteiger partial charge in [0.15, 0.2) is 0 Å². The molecule has 5 nitrogen and oxygen atoms in total. The molecule has 0 unspecified atom stereocenters. The minimum atomic E-state index is -3.67. The molecule has 0 fully saturated rings. The Balaban J connectivity index is 2.64. The maximum absolute atomic E-state index is 11.1. The topological polar surface area (TPSA) is 72.6 Å². The van der Waals surface area contributed by atoms with Crippen molar-refractivity contribution in [2.24, 2.45) is 5.14 Å². The van der Waals surface area contributed by atoms with Gasteiger partial charge in [0.1, 0.15) is 5.75 Å². The smallest absolute Gasteiger partial charge is 0.238 e. The molecule has 0 spiro atoms. The summed E-state index contributed by atoms with van der Waals surface area (Å²) in [4.78, 5) is 2.14. The van der Waals surface area contributed by atoms with Crippen molar-refractivity contribution in [2.45, 2.75) is 11.3 Å². The highest BCUT2D eigenvalue weighted by molar-refractivity contribution is 9.10. The SMILES string of the molecule is CN(C)CCCOc1ccc(S(N)(=O)=O)cc1Br. The van der Waals surface area contributed by atoms with E-state index < -0.39 is 10.0 Å². The maximum atomic E-state index is 11.1. The molecule has 0 aliphatic rings. The van der Waals surface area contributed by atoms with Crippen LogP contribution in [0.1, 0.15) is 6.42 Å². The zero-order valence-corrected chi connectivity index (χ0v) is 12.8. The van der Waals surface area contributed by atoms with Crippen molar-refractivity contribution in [3.63, 3.8) is 0 Å². The second-order valence-electron chi connectivity index (χ2n) is 4.14. The summed E-state index contributed by atoms with van der Waals surface area (Å²) < 4.78 is 28.4. The molecule has 1 aromatic carbocycles. The van der Waals surface area contributed by atoms with Gasteiger partial charge in [-0.1, -0.05) is 0 Å². The summed E-state index contributed by atoms with van der Waals surface area (Å²) in [6, 6.07) is 4.47. The molecule has 0 saturated carbocycles. The quantitative estimate of drug-likeness (QED) is 0.797. The normalized spacial score (nSPS) is 11.8. The van der Waals surface area contributed by atoms with Crippen molar-refractivity contribution in [1.82, 2.24) is 4.90 Å². The fraction of sp³-hybridized carbons (Fsp3) is 0.455. The van der Waals surface area contributed by atoms with Crippen LogP contribution in [0.3, 0.4) is 0 Å². The van der Waals surface area contributed by atoms with Gasteiger partial charge in [-0.25, -0.2) is 13.6 Å². The summed E-state index contributed by atoms with van der Waals surface area (Å²) in [6.45, 7) is 1.51. The molecule has 0 atom stereocenters. The molecule has 0 heterocycles. The predicted octanol–water partition coefficient (Wildman–Crippen LogP) is 1.43. The van der Waals surface area contributed by atoms with Gasteiger partial charge in [-0.2, -0.15) is 0 Å². The van der Waals surface area contributed by atoms with Crippen LogP contribution >= 0.6 is 15.9 Å². The molecule has 18 heavy (non-hydrogen) atoms. The van der Waals surface area contributed by atoms with Gasteiger partial charge in [-0.3, -0.25) is 0 Å². The van der Waals surface area contributed by atoms with E-state index in [0.29, 0.717) is 16.8 Å². The highest BCUT2D eigenvalue weighted by atomic mass is 79.9. The highest BCUT2D eigenvalue weighted by Crippen LogP contribution is 2.27. The maximum Gasteiger partial charge on any atom is 0.238 e. The molecule has 0 saturated heterocycles. The largest absolute Gasteiger partial charge is 0.492 e. The van der Waals surface area contributed by atoms with E-state index in [0.717, 1.165) is 13.0 Å². The molecule has 0 radical (unpaired) electrons. The monoisotopic (exact) mass is 336 g/mol. The van der Waals surface area contributed by atoms with Gasteiger partial charge in [-0.05, 0) is 54.6 Å². The van der Waals surface area contributed by atoms with Crippen LogP contribution in [0, 0.1) is 0 Å². The van der Waals surface area contributed by atoms with E-state index in [2.05, 4.69) is 20.8 Å². The van der Waals surface area contributed by atoms with Crippen LogP contribution in [-0.2, 0) is 10.0 Å². The summed E-state index contributed by atoms with van der Waals surface area (Å²) in [5.74, 6) is 0.612. The summed E-state index contributed by atoms with van der Waals surface area (Å²) in [6.07, 6.45) is 0.899. The van der Waals surface area contributed by atoms with Crippen LogP contribution < -0.4 is 9.88 Å². The summed E-state index contributed by atoms with van der Waals surface area (Å²) >= 11 is 3.27. The number of primary sulfonamides is 1. The fourth-order valence-corrected chi connectivity index (χ4v) is 2.52. The van der Waals surface area contributed by atoms with E-state index in [4.69, 9.17) is 9.88 Å². The van der Waals surface area contributed by atoms with Gasteiger partial charge in [0.25, 0.3) is 0 Å². The van der Waals surface area contributed by atoms with Crippen molar-refractivity contribution in [1.29, 1.82) is 0 Å². The van der Waals surface area contributed by atoms with Gasteiger partial charge < -0.3 is 9.64 Å². The standard InChI is InChI=1S/C11H17BrN2O3S/c1-14(2)6-3-7-17-11-5-4-9(8-10(11)12)18(13,15)16/h4-5,8H,3,6-7H2,1-2H3,(H2,13,15,16). The van der Waals surface area contributed by atoms with Crippen LogP contribution in [0.2, 0.25) is 0 Å². The Hall–Kier alpha value is -0.630. The van der Waals surface area contributed by atoms with Crippen molar-refractivity contribution in [3.8, 4) is 5.75 Å². The summed E-state index contributed by atoms with van der Waals surface area (Å²) in [7, 11) is 0.323. The minimum absolute atomic E-state index is 0.0648. The van der Waals surface area contributed by atoms with Crippen molar-refractivity contribution in [2.75, 3.05) is 27.2 Å². The van der Waals surface area contributed by atoms with Gasteiger partial charge >= 0.3 is 0 Å². The Kier molecular flexibility index (Phi) is 5.58. The van der Waals surface area contributed by atoms with E-state index >= 15 is 0 Å². The third-order valence-corrected chi connectivity index (χ3v) is 3.77. The van der Waals surface area contributed by atoms with Crippen molar-refractivity contribution < 1.29 is 13.2 Å². The van der Waals surface area contributed by atoms with E-state index in [1.54, 1.807) is 6.07 Å². The molecule has 1 rings (SSSR count). The molecule has 0 aromatic heterocycles. The average Bonchev–Trinajstić information content (AvgIpc) is 2.24. The number of benzene rings is 1. The Labute approximate surface area is 116 Å². The minimum Gasteiger partial charge on any atom is -0.492 e. The Morgan fingerprint density at radius 2 is 2.06 bits per heavy atom. The molecule has 7 heteroatoms. The van der Waals surface area contributed by atoms with Gasteiger partial charge in [0, 0.05) is 6.54 Å². The molecule has 2 N–H and O–H groups in total. The first-order chi connectivity index (χ1) is 8.30. The molecule has 0 aliphatic heterocycles. The third-order valence-electron chi connectivity index (χ3n) is 2.24. The zero-order chi connectivity index (χ0) is 13.8. The number of nitrogens with zero attached hydrogens (tertiary/aromatic N) is 1.